The summed E-state index contributed by atoms with van der Waals surface area (Å²) in [6, 6.07) is 12.5. The van der Waals surface area contributed by atoms with Gasteiger partial charge in [0.25, 0.3) is 5.91 Å². The second-order valence-corrected chi connectivity index (χ2v) is 12.1. The van der Waals surface area contributed by atoms with E-state index < -0.39 is 41.2 Å². The molecule has 2 aromatic carbocycles. The number of methoxy groups -OCH3 is 1. The van der Waals surface area contributed by atoms with Crippen LogP contribution in [0.4, 0.5) is 13.2 Å². The van der Waals surface area contributed by atoms with Crippen LogP contribution in [0.25, 0.3) is 33.1 Å². The zero-order valence-corrected chi connectivity index (χ0v) is 25.3. The van der Waals surface area contributed by atoms with Crippen molar-refractivity contribution < 1.29 is 37.3 Å². The Morgan fingerprint density at radius 1 is 1.17 bits per heavy atom. The number of alkyl halides is 3. The third-order valence-corrected chi connectivity index (χ3v) is 8.88. The Morgan fingerprint density at radius 2 is 1.96 bits per heavy atom. The van der Waals surface area contributed by atoms with Gasteiger partial charge >= 0.3 is 6.18 Å². The van der Waals surface area contributed by atoms with E-state index in [0.717, 1.165) is 18.9 Å². The number of nitrogens with two attached hydrogens (primary N) is 1. The minimum absolute atomic E-state index is 0.0105. The van der Waals surface area contributed by atoms with Crippen molar-refractivity contribution in [3.8, 4) is 22.8 Å². The van der Waals surface area contributed by atoms with Crippen LogP contribution < -0.4 is 20.5 Å². The highest BCUT2D eigenvalue weighted by molar-refractivity contribution is 6.00. The predicted octanol–water partition coefficient (Wildman–Crippen LogP) is 4.31. The fourth-order valence-electron chi connectivity index (χ4n) is 5.80. The number of hydrogen-bond donors (Lipinski definition) is 3. The van der Waals surface area contributed by atoms with Crippen molar-refractivity contribution in [3.05, 3.63) is 77.7 Å². The molecule has 47 heavy (non-hydrogen) atoms. The Balaban J connectivity index is 1.30. The average molecular weight is 647 g/mol. The number of fused-ring (bicyclic) bond motifs is 3. The van der Waals surface area contributed by atoms with Gasteiger partial charge in [-0.3, -0.25) is 19.3 Å². The third-order valence-electron chi connectivity index (χ3n) is 8.88. The fraction of sp³-hybridized carbons (Fsp3) is 0.303. The topological polar surface area (TPSA) is 154 Å². The van der Waals surface area contributed by atoms with Crippen molar-refractivity contribution in [1.82, 2.24) is 25.1 Å². The molecule has 11 nitrogen and oxygen atoms in total. The summed E-state index contributed by atoms with van der Waals surface area (Å²) in [6.07, 6.45) is -0.00840. The van der Waals surface area contributed by atoms with Gasteiger partial charge in [-0.15, -0.1) is 0 Å². The zero-order valence-electron chi connectivity index (χ0n) is 25.3. The van der Waals surface area contributed by atoms with E-state index in [4.69, 9.17) is 15.2 Å². The summed E-state index contributed by atoms with van der Waals surface area (Å²) in [5, 5.41) is 19.4. The first-order valence-electron chi connectivity index (χ1n) is 14.8. The highest BCUT2D eigenvalue weighted by Crippen LogP contribution is 2.48. The van der Waals surface area contributed by atoms with Crippen molar-refractivity contribution in [3.63, 3.8) is 0 Å². The molecule has 0 radical (unpaired) electrons. The molecule has 7 rings (SSSR count). The van der Waals surface area contributed by atoms with Crippen LogP contribution in [0.1, 0.15) is 47.4 Å². The normalized spacial score (nSPS) is 18.9. The Morgan fingerprint density at radius 3 is 2.66 bits per heavy atom. The lowest BCUT2D eigenvalue weighted by atomic mass is 9.81. The lowest BCUT2D eigenvalue weighted by Gasteiger charge is -2.31. The number of pyridine rings is 2. The van der Waals surface area contributed by atoms with Crippen molar-refractivity contribution >= 4 is 33.6 Å². The van der Waals surface area contributed by atoms with E-state index in [1.54, 1.807) is 47.4 Å². The van der Waals surface area contributed by atoms with Crippen LogP contribution >= 0.6 is 0 Å². The van der Waals surface area contributed by atoms with E-state index in [1.807, 2.05) is 0 Å². The maximum absolute atomic E-state index is 14.9. The lowest BCUT2D eigenvalue weighted by Crippen LogP contribution is -2.51. The first kappa shape index (κ1) is 30.4. The molecule has 0 saturated heterocycles. The summed E-state index contributed by atoms with van der Waals surface area (Å²) in [5.74, 6) is -1.38. The van der Waals surface area contributed by atoms with Crippen LogP contribution in [-0.4, -0.2) is 63.1 Å². The second kappa shape index (κ2) is 10.7. The first-order valence-corrected chi connectivity index (χ1v) is 14.8. The highest BCUT2D eigenvalue weighted by atomic mass is 19.4. The minimum Gasteiger partial charge on any atom is -0.494 e. The van der Waals surface area contributed by atoms with Gasteiger partial charge in [0.05, 0.1) is 30.9 Å². The third kappa shape index (κ3) is 4.99. The number of halogens is 3. The Labute approximate surface area is 265 Å². The number of amides is 2. The molecule has 242 valence electrons. The number of carbonyl (C=O) groups excluding carboxylic acids is 2. The van der Waals surface area contributed by atoms with E-state index in [9.17, 15) is 27.9 Å². The highest BCUT2D eigenvalue weighted by Gasteiger charge is 2.57. The van der Waals surface area contributed by atoms with Gasteiger partial charge < -0.3 is 25.6 Å². The van der Waals surface area contributed by atoms with Gasteiger partial charge in [0, 0.05) is 39.9 Å². The number of hydrogen-bond acceptors (Lipinski definition) is 8. The van der Waals surface area contributed by atoms with Gasteiger partial charge in [0.1, 0.15) is 34.7 Å². The summed E-state index contributed by atoms with van der Waals surface area (Å²) in [6.45, 7) is -0.0891. The van der Waals surface area contributed by atoms with Gasteiger partial charge in [-0.2, -0.15) is 18.3 Å². The van der Waals surface area contributed by atoms with Crippen molar-refractivity contribution in [2.24, 2.45) is 5.73 Å². The lowest BCUT2D eigenvalue weighted by molar-refractivity contribution is -0.265. The minimum atomic E-state index is -5.32. The van der Waals surface area contributed by atoms with Gasteiger partial charge in [-0.25, -0.2) is 4.98 Å². The Kier molecular flexibility index (Phi) is 6.90. The SMILES string of the molecule is COc1cc(C(=O)NCC(O)(c2cc3c(c(-c4ccc5ncccc5c4)n2)OC[C@]3(C)C(N)=O)C(F)(F)F)cc2cn(C3CC3)nc12. The van der Waals surface area contributed by atoms with Crippen LogP contribution in [0.5, 0.6) is 11.5 Å². The summed E-state index contributed by atoms with van der Waals surface area (Å²) in [5.41, 5.74) is 1.17. The molecule has 3 aromatic heterocycles. The smallest absolute Gasteiger partial charge is 0.424 e. The maximum Gasteiger partial charge on any atom is 0.424 e. The number of carbonyl (C=O) groups is 2. The molecule has 2 aliphatic rings. The number of ether oxygens (including phenoxy) is 2. The van der Waals surface area contributed by atoms with Crippen molar-refractivity contribution in [2.75, 3.05) is 20.3 Å². The average Bonchev–Trinajstić information content (AvgIpc) is 3.72. The van der Waals surface area contributed by atoms with E-state index in [1.165, 1.54) is 26.2 Å². The number of benzene rings is 2. The Hall–Kier alpha value is -5.24. The molecule has 1 aliphatic heterocycles. The molecule has 1 aliphatic carbocycles. The van der Waals surface area contributed by atoms with Crippen molar-refractivity contribution in [2.45, 2.75) is 43.0 Å². The molecular formula is C33H29F3N6O5. The summed E-state index contributed by atoms with van der Waals surface area (Å²) < 4.78 is 57.7. The summed E-state index contributed by atoms with van der Waals surface area (Å²) in [7, 11) is 1.40. The van der Waals surface area contributed by atoms with E-state index in [-0.39, 0.29) is 41.0 Å². The molecule has 1 fully saturated rings. The molecule has 4 heterocycles. The molecule has 14 heteroatoms. The number of nitrogens with zero attached hydrogens (tertiary/aromatic N) is 4. The molecule has 1 saturated carbocycles. The van der Waals surface area contributed by atoms with Crippen molar-refractivity contribution in [1.29, 1.82) is 0 Å². The zero-order chi connectivity index (χ0) is 33.3. The Bertz CT molecular complexity index is 2100. The number of aromatic nitrogens is 4. The van der Waals surface area contributed by atoms with Gasteiger partial charge in [0.2, 0.25) is 11.5 Å². The number of aliphatic hydroxyl groups is 1. The van der Waals surface area contributed by atoms with Crippen LogP contribution in [0, 0.1) is 0 Å². The predicted molar refractivity (Wildman–Crippen MR) is 164 cm³/mol. The van der Waals surface area contributed by atoms with Crippen LogP contribution in [-0.2, 0) is 15.8 Å². The first-order chi connectivity index (χ1) is 22.3. The molecule has 1 unspecified atom stereocenters. The van der Waals surface area contributed by atoms with Gasteiger partial charge in [-0.1, -0.05) is 12.1 Å². The molecule has 4 N–H and O–H groups in total. The fourth-order valence-corrected chi connectivity index (χ4v) is 5.80. The molecule has 0 spiro atoms. The summed E-state index contributed by atoms with van der Waals surface area (Å²) >= 11 is 0. The van der Waals surface area contributed by atoms with Crippen LogP contribution in [0.3, 0.4) is 0 Å². The van der Waals surface area contributed by atoms with E-state index in [0.29, 0.717) is 27.4 Å². The monoisotopic (exact) mass is 646 g/mol. The number of primary amides is 1. The summed E-state index contributed by atoms with van der Waals surface area (Å²) in [4.78, 5) is 34.5. The standard InChI is InChI=1S/C33H29F3N6O5/c1-31(30(37)44)16-47-28-22(31)13-25(40-27(28)18-5-8-23-17(10-18)4-3-9-38-23)32(45,33(34,35)36)15-39-29(43)19-11-20-14-42(21-6-7-21)41-26(20)24(12-19)46-2/h3-5,8-14,21,45H,6-7,15-16H2,1-2H3,(H2,37,44)(H,39,43)/t31-,32?/m0/s1. The molecule has 0 bridgehead atoms. The maximum atomic E-state index is 14.9. The van der Waals surface area contributed by atoms with Gasteiger partial charge in [0.15, 0.2) is 0 Å². The quantitative estimate of drug-likeness (QED) is 0.226. The molecular weight excluding hydrogens is 617 g/mol. The molecule has 5 aromatic rings. The second-order valence-electron chi connectivity index (χ2n) is 12.1. The van der Waals surface area contributed by atoms with Crippen LogP contribution in [0.15, 0.2) is 60.9 Å². The number of nitrogens with one attached hydrogen (secondary N) is 1. The molecule has 2 amide bonds. The van der Waals surface area contributed by atoms with Gasteiger partial charge in [-0.05, 0) is 56.2 Å². The van der Waals surface area contributed by atoms with E-state index >= 15 is 0 Å². The molecule has 2 atom stereocenters. The van der Waals surface area contributed by atoms with Crippen LogP contribution in [0.2, 0.25) is 0 Å². The van der Waals surface area contributed by atoms with E-state index in [2.05, 4.69) is 20.4 Å². The largest absolute Gasteiger partial charge is 0.494 e. The number of rotatable bonds is 8.